The highest BCUT2D eigenvalue weighted by atomic mass is 16.4. The Morgan fingerprint density at radius 2 is 2.00 bits per heavy atom. The number of nitrogens with zero attached hydrogens (tertiary/aromatic N) is 2. The number of carboxylic acids is 1. The molecule has 0 unspecified atom stereocenters. The number of nitrogens with one attached hydrogen (secondary N) is 1. The summed E-state index contributed by atoms with van der Waals surface area (Å²) < 4.78 is 0. The number of anilines is 1. The summed E-state index contributed by atoms with van der Waals surface area (Å²) in [6, 6.07) is 6.38. The van der Waals surface area contributed by atoms with Crippen LogP contribution in [0.4, 0.5) is 10.5 Å². The van der Waals surface area contributed by atoms with E-state index in [9.17, 15) is 14.7 Å². The molecule has 1 heterocycles. The number of urea groups is 1. The molecule has 2 N–H and O–H groups in total. The van der Waals surface area contributed by atoms with Gasteiger partial charge in [-0.2, -0.15) is 0 Å². The maximum Gasteiger partial charge on any atom is 0.337 e. The van der Waals surface area contributed by atoms with Crippen LogP contribution in [0.2, 0.25) is 0 Å². The van der Waals surface area contributed by atoms with Crippen LogP contribution >= 0.6 is 0 Å². The van der Waals surface area contributed by atoms with Crippen molar-refractivity contribution in [3.8, 4) is 0 Å². The van der Waals surface area contributed by atoms with Crippen LogP contribution in [0.25, 0.3) is 0 Å². The first-order valence-electron chi connectivity index (χ1n) is 6.67. The van der Waals surface area contributed by atoms with Gasteiger partial charge < -0.3 is 15.3 Å². The second-order valence-corrected chi connectivity index (χ2v) is 4.75. The zero-order chi connectivity index (χ0) is 14.5. The van der Waals surface area contributed by atoms with Crippen LogP contribution in [0, 0.1) is 0 Å². The van der Waals surface area contributed by atoms with E-state index in [0.29, 0.717) is 18.8 Å². The number of carbonyl (C=O) groups is 2. The van der Waals surface area contributed by atoms with Gasteiger partial charge in [0.15, 0.2) is 0 Å². The number of hydrogen-bond donors (Lipinski definition) is 2. The average molecular weight is 277 g/mol. The molecule has 1 saturated heterocycles. The fraction of sp³-hybridized carbons (Fsp3) is 0.429. The highest BCUT2D eigenvalue weighted by molar-refractivity contribution is 6.01. The SMILES string of the molecule is CN(C(=O)N1CCCNCC1)c1ccccc1C(=O)O. The molecule has 0 spiro atoms. The lowest BCUT2D eigenvalue weighted by atomic mass is 10.1. The minimum absolute atomic E-state index is 0.135. The highest BCUT2D eigenvalue weighted by Gasteiger charge is 2.23. The van der Waals surface area contributed by atoms with Gasteiger partial charge in [-0.25, -0.2) is 9.59 Å². The molecule has 20 heavy (non-hydrogen) atoms. The smallest absolute Gasteiger partial charge is 0.337 e. The van der Waals surface area contributed by atoms with Crippen LogP contribution < -0.4 is 10.2 Å². The maximum atomic E-state index is 12.5. The number of rotatable bonds is 2. The monoisotopic (exact) mass is 277 g/mol. The minimum Gasteiger partial charge on any atom is -0.478 e. The standard InChI is InChI=1S/C14H19N3O3/c1-16(12-6-3-2-5-11(12)13(18)19)14(20)17-9-4-7-15-8-10-17/h2-3,5-6,15H,4,7-10H2,1H3,(H,18,19). The van der Waals surface area contributed by atoms with Gasteiger partial charge in [-0.15, -0.1) is 0 Å². The molecule has 108 valence electrons. The van der Waals surface area contributed by atoms with E-state index in [4.69, 9.17) is 0 Å². The molecule has 2 amide bonds. The first-order chi connectivity index (χ1) is 9.61. The molecular formula is C14H19N3O3. The van der Waals surface area contributed by atoms with Crippen molar-refractivity contribution in [2.45, 2.75) is 6.42 Å². The van der Waals surface area contributed by atoms with Gasteiger partial charge in [-0.1, -0.05) is 12.1 Å². The molecule has 1 aromatic rings. The van der Waals surface area contributed by atoms with Crippen molar-refractivity contribution in [2.24, 2.45) is 0 Å². The van der Waals surface area contributed by atoms with Crippen molar-refractivity contribution in [3.05, 3.63) is 29.8 Å². The van der Waals surface area contributed by atoms with Gasteiger partial charge in [0.05, 0.1) is 11.3 Å². The van der Waals surface area contributed by atoms with E-state index < -0.39 is 5.97 Å². The number of amides is 2. The number of benzene rings is 1. The maximum absolute atomic E-state index is 12.5. The van der Waals surface area contributed by atoms with E-state index in [2.05, 4.69) is 5.32 Å². The van der Waals surface area contributed by atoms with Gasteiger partial charge in [0.25, 0.3) is 0 Å². The quantitative estimate of drug-likeness (QED) is 0.853. The van der Waals surface area contributed by atoms with Gasteiger partial charge in [-0.05, 0) is 25.1 Å². The lowest BCUT2D eigenvalue weighted by Crippen LogP contribution is -2.43. The van der Waals surface area contributed by atoms with Crippen molar-refractivity contribution in [2.75, 3.05) is 38.1 Å². The van der Waals surface area contributed by atoms with Gasteiger partial charge in [0.1, 0.15) is 0 Å². The molecule has 6 heteroatoms. The fourth-order valence-electron chi connectivity index (χ4n) is 2.30. The third-order valence-corrected chi connectivity index (χ3v) is 3.39. The Morgan fingerprint density at radius 3 is 2.75 bits per heavy atom. The molecule has 2 rings (SSSR count). The summed E-state index contributed by atoms with van der Waals surface area (Å²) in [5, 5.41) is 12.4. The van der Waals surface area contributed by atoms with Crippen LogP contribution in [0.5, 0.6) is 0 Å². The van der Waals surface area contributed by atoms with E-state index >= 15 is 0 Å². The normalized spacial score (nSPS) is 15.6. The predicted molar refractivity (Wildman–Crippen MR) is 76.3 cm³/mol. The zero-order valence-electron chi connectivity index (χ0n) is 11.5. The number of hydrogen-bond acceptors (Lipinski definition) is 3. The molecular weight excluding hydrogens is 258 g/mol. The molecule has 6 nitrogen and oxygen atoms in total. The number of aromatic carboxylic acids is 1. The summed E-state index contributed by atoms with van der Waals surface area (Å²) >= 11 is 0. The lowest BCUT2D eigenvalue weighted by Gasteiger charge is -2.27. The molecule has 0 bridgehead atoms. The molecule has 0 saturated carbocycles. The fourth-order valence-corrected chi connectivity index (χ4v) is 2.30. The molecule has 0 aromatic heterocycles. The molecule has 0 radical (unpaired) electrons. The Hall–Kier alpha value is -2.08. The molecule has 1 aromatic carbocycles. The molecule has 1 fully saturated rings. The number of para-hydroxylation sites is 1. The van der Waals surface area contributed by atoms with Crippen LogP contribution in [0.1, 0.15) is 16.8 Å². The first-order valence-corrected chi connectivity index (χ1v) is 6.67. The van der Waals surface area contributed by atoms with Gasteiger partial charge in [0, 0.05) is 26.7 Å². The molecule has 1 aliphatic heterocycles. The second kappa shape index (κ2) is 6.38. The summed E-state index contributed by atoms with van der Waals surface area (Å²) in [7, 11) is 1.61. The van der Waals surface area contributed by atoms with Gasteiger partial charge in [0.2, 0.25) is 0 Å². The zero-order valence-corrected chi connectivity index (χ0v) is 11.5. The lowest BCUT2D eigenvalue weighted by molar-refractivity contribution is 0.0697. The van der Waals surface area contributed by atoms with E-state index in [-0.39, 0.29) is 11.6 Å². The van der Waals surface area contributed by atoms with Crippen molar-refractivity contribution in [1.29, 1.82) is 0 Å². The van der Waals surface area contributed by atoms with Crippen molar-refractivity contribution < 1.29 is 14.7 Å². The Morgan fingerprint density at radius 1 is 1.25 bits per heavy atom. The summed E-state index contributed by atoms with van der Waals surface area (Å²) in [5.74, 6) is -1.03. The summed E-state index contributed by atoms with van der Waals surface area (Å²) in [6.45, 7) is 2.99. The van der Waals surface area contributed by atoms with Gasteiger partial charge in [-0.3, -0.25) is 4.90 Å². The average Bonchev–Trinajstić information content (AvgIpc) is 2.74. The largest absolute Gasteiger partial charge is 0.478 e. The van der Waals surface area contributed by atoms with Crippen LogP contribution in [0.15, 0.2) is 24.3 Å². The molecule has 0 aliphatic carbocycles. The third kappa shape index (κ3) is 3.08. The Labute approximate surface area is 118 Å². The summed E-state index contributed by atoms with van der Waals surface area (Å²) in [6.07, 6.45) is 0.903. The molecule has 1 aliphatic rings. The van der Waals surface area contributed by atoms with Crippen LogP contribution in [-0.4, -0.2) is 55.2 Å². The van der Waals surface area contributed by atoms with Crippen molar-refractivity contribution >= 4 is 17.7 Å². The van der Waals surface area contributed by atoms with E-state index in [1.54, 1.807) is 30.1 Å². The van der Waals surface area contributed by atoms with Gasteiger partial charge >= 0.3 is 12.0 Å². The Bertz CT molecular complexity index is 496. The second-order valence-electron chi connectivity index (χ2n) is 4.75. The highest BCUT2D eigenvalue weighted by Crippen LogP contribution is 2.20. The summed E-state index contributed by atoms with van der Waals surface area (Å²) in [5.41, 5.74) is 0.554. The minimum atomic E-state index is -1.03. The van der Waals surface area contributed by atoms with Crippen molar-refractivity contribution in [1.82, 2.24) is 10.2 Å². The predicted octanol–water partition coefficient (Wildman–Crippen LogP) is 1.24. The topological polar surface area (TPSA) is 72.9 Å². The Kier molecular flexibility index (Phi) is 4.57. The van der Waals surface area contributed by atoms with E-state index in [1.165, 1.54) is 11.0 Å². The van der Waals surface area contributed by atoms with E-state index in [0.717, 1.165) is 19.5 Å². The molecule has 0 atom stereocenters. The summed E-state index contributed by atoms with van der Waals surface area (Å²) in [4.78, 5) is 26.8. The van der Waals surface area contributed by atoms with Crippen LogP contribution in [0.3, 0.4) is 0 Å². The third-order valence-electron chi connectivity index (χ3n) is 3.39. The van der Waals surface area contributed by atoms with E-state index in [1.807, 2.05) is 0 Å². The number of carbonyl (C=O) groups excluding carboxylic acids is 1. The number of carboxylic acid groups (broad SMARTS) is 1. The van der Waals surface area contributed by atoms with Crippen LogP contribution in [-0.2, 0) is 0 Å². The Balaban J connectivity index is 2.19. The van der Waals surface area contributed by atoms with Crippen molar-refractivity contribution in [3.63, 3.8) is 0 Å². The first kappa shape index (κ1) is 14.3.